The molecule has 2 nitrogen and oxygen atoms in total. The summed E-state index contributed by atoms with van der Waals surface area (Å²) in [7, 11) is 0. The Labute approximate surface area is 104 Å². The van der Waals surface area contributed by atoms with Crippen molar-refractivity contribution in [3.05, 3.63) is 29.3 Å². The fourth-order valence-corrected chi connectivity index (χ4v) is 2.09. The van der Waals surface area contributed by atoms with Crippen LogP contribution < -0.4 is 0 Å². The molecule has 0 saturated carbocycles. The second-order valence-electron chi connectivity index (χ2n) is 5.18. The highest BCUT2D eigenvalue weighted by atomic mass is 16.3. The topological polar surface area (TPSA) is 40.5 Å². The molecule has 2 N–H and O–H groups in total. The lowest BCUT2D eigenvalue weighted by molar-refractivity contribution is 0.227. The van der Waals surface area contributed by atoms with Crippen LogP contribution in [0.2, 0.25) is 0 Å². The number of aromatic hydroxyl groups is 1. The maximum absolute atomic E-state index is 9.88. The molecular formula is C15H24O2. The molecule has 0 heterocycles. The van der Waals surface area contributed by atoms with Gasteiger partial charge in [0.15, 0.2) is 0 Å². The predicted molar refractivity (Wildman–Crippen MR) is 71.4 cm³/mol. The van der Waals surface area contributed by atoms with Crippen LogP contribution in [0.15, 0.2) is 18.2 Å². The van der Waals surface area contributed by atoms with Gasteiger partial charge in [-0.05, 0) is 48.8 Å². The summed E-state index contributed by atoms with van der Waals surface area (Å²) in [4.78, 5) is 0. The third-order valence-corrected chi connectivity index (χ3v) is 3.36. The van der Waals surface area contributed by atoms with E-state index in [0.717, 1.165) is 30.4 Å². The maximum atomic E-state index is 9.88. The number of aliphatic hydroxyl groups excluding tert-OH is 1. The van der Waals surface area contributed by atoms with Crippen molar-refractivity contribution in [2.45, 2.75) is 46.0 Å². The standard InChI is InChI=1S/C15H24O2/c1-11-7-8-14(15(17)9-11)13(3)6-4-5-12(2)10-16/h7-9,12-13,16-17H,4-6,10H2,1-3H3/t12-,13-/m0/s1. The lowest BCUT2D eigenvalue weighted by Crippen LogP contribution is -2.02. The zero-order valence-electron chi connectivity index (χ0n) is 11.1. The average Bonchev–Trinajstić information content (AvgIpc) is 2.28. The van der Waals surface area contributed by atoms with Gasteiger partial charge in [-0.15, -0.1) is 0 Å². The summed E-state index contributed by atoms with van der Waals surface area (Å²) in [6.45, 7) is 6.46. The molecule has 0 aliphatic carbocycles. The van der Waals surface area contributed by atoms with Crippen molar-refractivity contribution in [2.24, 2.45) is 5.92 Å². The van der Waals surface area contributed by atoms with Crippen LogP contribution in [0.5, 0.6) is 5.75 Å². The molecule has 96 valence electrons. The number of hydrogen-bond acceptors (Lipinski definition) is 2. The van der Waals surface area contributed by atoms with Crippen LogP contribution in [0.4, 0.5) is 0 Å². The molecule has 0 aliphatic heterocycles. The van der Waals surface area contributed by atoms with Crippen molar-refractivity contribution in [3.8, 4) is 5.75 Å². The van der Waals surface area contributed by atoms with Gasteiger partial charge in [0.05, 0.1) is 0 Å². The molecule has 0 bridgehead atoms. The van der Waals surface area contributed by atoms with Gasteiger partial charge in [0.25, 0.3) is 0 Å². The minimum atomic E-state index is 0.268. The van der Waals surface area contributed by atoms with E-state index in [1.807, 2.05) is 25.1 Å². The third kappa shape index (κ3) is 4.39. The zero-order valence-corrected chi connectivity index (χ0v) is 11.1. The van der Waals surface area contributed by atoms with Gasteiger partial charge in [-0.25, -0.2) is 0 Å². The zero-order chi connectivity index (χ0) is 12.8. The van der Waals surface area contributed by atoms with Crippen LogP contribution in [0.1, 0.15) is 50.2 Å². The summed E-state index contributed by atoms with van der Waals surface area (Å²) in [5, 5.41) is 18.8. The number of benzene rings is 1. The van der Waals surface area contributed by atoms with Gasteiger partial charge in [0, 0.05) is 6.61 Å². The highest BCUT2D eigenvalue weighted by Gasteiger charge is 2.11. The number of hydrogen-bond donors (Lipinski definition) is 2. The first-order valence-corrected chi connectivity index (χ1v) is 6.45. The molecule has 0 unspecified atom stereocenters. The van der Waals surface area contributed by atoms with Crippen molar-refractivity contribution in [1.29, 1.82) is 0 Å². The van der Waals surface area contributed by atoms with Gasteiger partial charge < -0.3 is 10.2 Å². The Morgan fingerprint density at radius 3 is 2.47 bits per heavy atom. The summed E-state index contributed by atoms with van der Waals surface area (Å²) >= 11 is 0. The van der Waals surface area contributed by atoms with Crippen LogP contribution in [-0.4, -0.2) is 16.8 Å². The van der Waals surface area contributed by atoms with E-state index in [9.17, 15) is 5.11 Å². The molecule has 0 radical (unpaired) electrons. The van der Waals surface area contributed by atoms with E-state index in [0.29, 0.717) is 17.6 Å². The molecule has 0 spiro atoms. The number of rotatable bonds is 6. The predicted octanol–water partition coefficient (Wildman–Crippen LogP) is 3.60. The summed E-state index contributed by atoms with van der Waals surface area (Å²) < 4.78 is 0. The van der Waals surface area contributed by atoms with Gasteiger partial charge in [-0.3, -0.25) is 0 Å². The maximum Gasteiger partial charge on any atom is 0.119 e. The molecule has 0 amide bonds. The first-order chi connectivity index (χ1) is 8.04. The number of aliphatic hydroxyl groups is 1. The van der Waals surface area contributed by atoms with E-state index < -0.39 is 0 Å². The van der Waals surface area contributed by atoms with E-state index in [2.05, 4.69) is 13.8 Å². The van der Waals surface area contributed by atoms with E-state index >= 15 is 0 Å². The minimum absolute atomic E-state index is 0.268. The normalized spacial score (nSPS) is 14.6. The highest BCUT2D eigenvalue weighted by molar-refractivity contribution is 5.37. The molecule has 0 fully saturated rings. The van der Waals surface area contributed by atoms with E-state index in [1.165, 1.54) is 0 Å². The van der Waals surface area contributed by atoms with Gasteiger partial charge in [-0.1, -0.05) is 32.4 Å². The van der Waals surface area contributed by atoms with Crippen molar-refractivity contribution in [3.63, 3.8) is 0 Å². The van der Waals surface area contributed by atoms with Gasteiger partial charge in [0.1, 0.15) is 5.75 Å². The second-order valence-corrected chi connectivity index (χ2v) is 5.18. The number of phenols is 1. The molecule has 0 aromatic heterocycles. The first-order valence-electron chi connectivity index (χ1n) is 6.45. The molecule has 2 heteroatoms. The summed E-state index contributed by atoms with van der Waals surface area (Å²) in [6.07, 6.45) is 3.20. The first kappa shape index (κ1) is 14.0. The van der Waals surface area contributed by atoms with Crippen LogP contribution in [-0.2, 0) is 0 Å². The van der Waals surface area contributed by atoms with Crippen LogP contribution >= 0.6 is 0 Å². The summed E-state index contributed by atoms with van der Waals surface area (Å²) in [5.74, 6) is 1.17. The molecule has 17 heavy (non-hydrogen) atoms. The van der Waals surface area contributed by atoms with Crippen LogP contribution in [0.25, 0.3) is 0 Å². The Kier molecular flexibility index (Phi) is 5.49. The van der Waals surface area contributed by atoms with Gasteiger partial charge in [-0.2, -0.15) is 0 Å². The van der Waals surface area contributed by atoms with Crippen molar-refractivity contribution >= 4 is 0 Å². The number of phenolic OH excluding ortho intramolecular Hbond substituents is 1. The van der Waals surface area contributed by atoms with Crippen LogP contribution in [0.3, 0.4) is 0 Å². The molecule has 0 aliphatic rings. The summed E-state index contributed by atoms with van der Waals surface area (Å²) in [5.41, 5.74) is 2.12. The molecule has 1 aromatic carbocycles. The lowest BCUT2D eigenvalue weighted by atomic mass is 9.92. The minimum Gasteiger partial charge on any atom is -0.508 e. The van der Waals surface area contributed by atoms with Crippen molar-refractivity contribution in [1.82, 2.24) is 0 Å². The van der Waals surface area contributed by atoms with Gasteiger partial charge >= 0.3 is 0 Å². The van der Waals surface area contributed by atoms with Crippen molar-refractivity contribution in [2.75, 3.05) is 6.61 Å². The quantitative estimate of drug-likeness (QED) is 0.792. The van der Waals surface area contributed by atoms with Crippen LogP contribution in [0, 0.1) is 12.8 Å². The van der Waals surface area contributed by atoms with E-state index in [1.54, 1.807) is 0 Å². The average molecular weight is 236 g/mol. The monoisotopic (exact) mass is 236 g/mol. The Bertz CT molecular complexity index is 347. The largest absolute Gasteiger partial charge is 0.508 e. The lowest BCUT2D eigenvalue weighted by Gasteiger charge is -2.15. The highest BCUT2D eigenvalue weighted by Crippen LogP contribution is 2.30. The third-order valence-electron chi connectivity index (χ3n) is 3.36. The summed E-state index contributed by atoms with van der Waals surface area (Å²) in [6, 6.07) is 5.88. The fourth-order valence-electron chi connectivity index (χ4n) is 2.09. The van der Waals surface area contributed by atoms with Gasteiger partial charge in [0.2, 0.25) is 0 Å². The molecular weight excluding hydrogens is 212 g/mol. The molecule has 1 aromatic rings. The Morgan fingerprint density at radius 2 is 1.88 bits per heavy atom. The number of aryl methyl sites for hydroxylation is 1. The van der Waals surface area contributed by atoms with E-state index in [4.69, 9.17) is 5.11 Å². The van der Waals surface area contributed by atoms with E-state index in [-0.39, 0.29) is 6.61 Å². The SMILES string of the molecule is Cc1ccc([C@@H](C)CCC[C@H](C)CO)c(O)c1. The Hall–Kier alpha value is -1.02. The Morgan fingerprint density at radius 1 is 1.18 bits per heavy atom. The molecule has 1 rings (SSSR count). The fraction of sp³-hybridized carbons (Fsp3) is 0.600. The molecule has 0 saturated heterocycles. The second kappa shape index (κ2) is 6.65. The molecule has 2 atom stereocenters. The Balaban J connectivity index is 2.49. The smallest absolute Gasteiger partial charge is 0.119 e. The van der Waals surface area contributed by atoms with Crippen molar-refractivity contribution < 1.29 is 10.2 Å².